The lowest BCUT2D eigenvalue weighted by Crippen LogP contribution is -2.49. The van der Waals surface area contributed by atoms with Crippen molar-refractivity contribution in [2.45, 2.75) is 25.6 Å². The molecule has 1 N–H and O–H groups in total. The predicted molar refractivity (Wildman–Crippen MR) is 92.3 cm³/mol. The standard InChI is InChI=1S/C19H23N3O2/c1-15(17-8-5-9-20-12-17)21-19(23)18-14-22(10-11-24-18)13-16-6-3-2-4-7-16/h2-9,12,15,18H,10-11,13-14H2,1H3,(H,21,23)/t15-,18+/m0/s1. The molecule has 0 aliphatic carbocycles. The molecule has 0 spiro atoms. The van der Waals surface area contributed by atoms with E-state index in [1.54, 1.807) is 12.4 Å². The summed E-state index contributed by atoms with van der Waals surface area (Å²) < 4.78 is 5.68. The number of benzene rings is 1. The number of hydrogen-bond acceptors (Lipinski definition) is 4. The van der Waals surface area contributed by atoms with Crippen LogP contribution in [-0.4, -0.2) is 41.6 Å². The molecule has 2 heterocycles. The lowest BCUT2D eigenvalue weighted by atomic mass is 10.1. The fraction of sp³-hybridized carbons (Fsp3) is 0.368. The number of rotatable bonds is 5. The molecule has 0 bridgehead atoms. The van der Waals surface area contributed by atoms with Crippen LogP contribution in [0.15, 0.2) is 54.9 Å². The van der Waals surface area contributed by atoms with Crippen LogP contribution in [-0.2, 0) is 16.1 Å². The summed E-state index contributed by atoms with van der Waals surface area (Å²) in [5.41, 5.74) is 2.24. The highest BCUT2D eigenvalue weighted by Crippen LogP contribution is 2.14. The van der Waals surface area contributed by atoms with Gasteiger partial charge in [0, 0.05) is 32.0 Å². The van der Waals surface area contributed by atoms with Crippen LogP contribution in [0.4, 0.5) is 0 Å². The number of carbonyl (C=O) groups is 1. The number of nitrogens with zero attached hydrogens (tertiary/aromatic N) is 2. The highest BCUT2D eigenvalue weighted by molar-refractivity contribution is 5.81. The second-order valence-corrected chi connectivity index (χ2v) is 6.10. The molecule has 5 nitrogen and oxygen atoms in total. The maximum absolute atomic E-state index is 12.5. The second-order valence-electron chi connectivity index (χ2n) is 6.10. The van der Waals surface area contributed by atoms with Crippen LogP contribution in [0.3, 0.4) is 0 Å². The van der Waals surface area contributed by atoms with Crippen LogP contribution >= 0.6 is 0 Å². The van der Waals surface area contributed by atoms with Gasteiger partial charge in [-0.25, -0.2) is 0 Å². The van der Waals surface area contributed by atoms with Crippen LogP contribution in [0, 0.1) is 0 Å². The monoisotopic (exact) mass is 325 g/mol. The normalized spacial score (nSPS) is 19.6. The fourth-order valence-electron chi connectivity index (χ4n) is 2.87. The number of carbonyl (C=O) groups excluding carboxylic acids is 1. The third-order valence-electron chi connectivity index (χ3n) is 4.24. The minimum Gasteiger partial charge on any atom is -0.366 e. The molecule has 1 aromatic carbocycles. The molecule has 2 aromatic rings. The minimum atomic E-state index is -0.429. The van der Waals surface area contributed by atoms with Gasteiger partial charge in [0.15, 0.2) is 0 Å². The highest BCUT2D eigenvalue weighted by atomic mass is 16.5. The van der Waals surface area contributed by atoms with Crippen molar-refractivity contribution in [3.63, 3.8) is 0 Å². The number of nitrogens with one attached hydrogen (secondary N) is 1. The summed E-state index contributed by atoms with van der Waals surface area (Å²) >= 11 is 0. The molecule has 24 heavy (non-hydrogen) atoms. The number of hydrogen-bond donors (Lipinski definition) is 1. The van der Waals surface area contributed by atoms with Crippen LogP contribution in [0.5, 0.6) is 0 Å². The Morgan fingerprint density at radius 1 is 1.33 bits per heavy atom. The minimum absolute atomic E-state index is 0.0656. The lowest BCUT2D eigenvalue weighted by molar-refractivity contribution is -0.139. The maximum Gasteiger partial charge on any atom is 0.250 e. The Kier molecular flexibility index (Phi) is 5.56. The van der Waals surface area contributed by atoms with Crippen LogP contribution in [0.2, 0.25) is 0 Å². The van der Waals surface area contributed by atoms with Crippen LogP contribution in [0.1, 0.15) is 24.1 Å². The summed E-state index contributed by atoms with van der Waals surface area (Å²) in [4.78, 5) is 18.9. The Balaban J connectivity index is 1.55. The van der Waals surface area contributed by atoms with Gasteiger partial charge in [0.05, 0.1) is 12.6 Å². The average molecular weight is 325 g/mol. The Labute approximate surface area is 142 Å². The van der Waals surface area contributed by atoms with Crippen LogP contribution in [0.25, 0.3) is 0 Å². The molecule has 5 heteroatoms. The van der Waals surface area contributed by atoms with Gasteiger partial charge in [-0.1, -0.05) is 36.4 Å². The van der Waals surface area contributed by atoms with E-state index < -0.39 is 6.10 Å². The van der Waals surface area contributed by atoms with Crippen molar-refractivity contribution in [1.82, 2.24) is 15.2 Å². The Hall–Kier alpha value is -2.24. The molecule has 1 saturated heterocycles. The Bertz CT molecular complexity index is 648. The van der Waals surface area contributed by atoms with E-state index in [4.69, 9.17) is 4.74 Å². The molecular weight excluding hydrogens is 302 g/mol. The van der Waals surface area contributed by atoms with Gasteiger partial charge in [-0.3, -0.25) is 14.7 Å². The number of morpholine rings is 1. The zero-order valence-corrected chi connectivity index (χ0v) is 13.9. The number of pyridine rings is 1. The van der Waals surface area contributed by atoms with E-state index in [0.717, 1.165) is 18.7 Å². The first kappa shape index (κ1) is 16.6. The molecule has 0 unspecified atom stereocenters. The van der Waals surface area contributed by atoms with Crippen molar-refractivity contribution in [1.29, 1.82) is 0 Å². The molecule has 126 valence electrons. The van der Waals surface area contributed by atoms with Crippen molar-refractivity contribution in [2.24, 2.45) is 0 Å². The lowest BCUT2D eigenvalue weighted by Gasteiger charge is -2.32. The molecule has 1 aliphatic heterocycles. The smallest absolute Gasteiger partial charge is 0.250 e. The van der Waals surface area contributed by atoms with Crippen molar-refractivity contribution >= 4 is 5.91 Å². The van der Waals surface area contributed by atoms with Gasteiger partial charge in [-0.05, 0) is 24.1 Å². The SMILES string of the molecule is C[C@H](NC(=O)[C@H]1CN(Cc2ccccc2)CCO1)c1cccnc1. The Morgan fingerprint density at radius 3 is 2.92 bits per heavy atom. The van der Waals surface area contributed by atoms with Crippen molar-refractivity contribution in [3.05, 3.63) is 66.0 Å². The molecule has 1 fully saturated rings. The van der Waals surface area contributed by atoms with E-state index >= 15 is 0 Å². The molecule has 1 amide bonds. The quantitative estimate of drug-likeness (QED) is 0.915. The number of ether oxygens (including phenoxy) is 1. The average Bonchev–Trinajstić information content (AvgIpc) is 2.63. The summed E-state index contributed by atoms with van der Waals surface area (Å²) in [6.07, 6.45) is 3.07. The molecule has 1 aromatic heterocycles. The van der Waals surface area contributed by atoms with Crippen molar-refractivity contribution < 1.29 is 9.53 Å². The third kappa shape index (κ3) is 4.40. The van der Waals surface area contributed by atoms with Gasteiger partial charge in [0.25, 0.3) is 5.91 Å². The molecule has 2 atom stereocenters. The largest absolute Gasteiger partial charge is 0.366 e. The van der Waals surface area contributed by atoms with Crippen LogP contribution < -0.4 is 5.32 Å². The van der Waals surface area contributed by atoms with Gasteiger partial charge in [0.1, 0.15) is 6.10 Å². The molecular formula is C19H23N3O2. The molecule has 3 rings (SSSR count). The first-order valence-corrected chi connectivity index (χ1v) is 8.30. The summed E-state index contributed by atoms with van der Waals surface area (Å²) in [6, 6.07) is 14.0. The van der Waals surface area contributed by atoms with E-state index in [2.05, 4.69) is 27.3 Å². The van der Waals surface area contributed by atoms with Gasteiger partial charge < -0.3 is 10.1 Å². The summed E-state index contributed by atoms with van der Waals surface area (Å²) in [6.45, 7) is 4.83. The molecule has 0 radical (unpaired) electrons. The molecule has 0 saturated carbocycles. The summed E-state index contributed by atoms with van der Waals surface area (Å²) in [7, 11) is 0. The van der Waals surface area contributed by atoms with Gasteiger partial charge >= 0.3 is 0 Å². The summed E-state index contributed by atoms with van der Waals surface area (Å²) in [5.74, 6) is -0.0656. The topological polar surface area (TPSA) is 54.5 Å². The zero-order chi connectivity index (χ0) is 16.8. The van der Waals surface area contributed by atoms with E-state index in [1.807, 2.05) is 37.3 Å². The van der Waals surface area contributed by atoms with E-state index in [0.29, 0.717) is 13.2 Å². The Morgan fingerprint density at radius 2 is 2.17 bits per heavy atom. The maximum atomic E-state index is 12.5. The first-order valence-electron chi connectivity index (χ1n) is 8.30. The van der Waals surface area contributed by atoms with Gasteiger partial charge in [0.2, 0.25) is 0 Å². The van der Waals surface area contributed by atoms with E-state index in [-0.39, 0.29) is 11.9 Å². The zero-order valence-electron chi connectivity index (χ0n) is 13.9. The van der Waals surface area contributed by atoms with E-state index in [9.17, 15) is 4.79 Å². The highest BCUT2D eigenvalue weighted by Gasteiger charge is 2.27. The fourth-order valence-corrected chi connectivity index (χ4v) is 2.87. The summed E-state index contributed by atoms with van der Waals surface area (Å²) in [5, 5.41) is 3.02. The number of aromatic nitrogens is 1. The third-order valence-corrected chi connectivity index (χ3v) is 4.24. The predicted octanol–water partition coefficient (Wildman–Crippen LogP) is 2.16. The van der Waals surface area contributed by atoms with Crippen molar-refractivity contribution in [2.75, 3.05) is 19.7 Å². The molecule has 1 aliphatic rings. The van der Waals surface area contributed by atoms with E-state index in [1.165, 1.54) is 5.56 Å². The van der Waals surface area contributed by atoms with Gasteiger partial charge in [-0.15, -0.1) is 0 Å². The van der Waals surface area contributed by atoms with Crippen molar-refractivity contribution in [3.8, 4) is 0 Å². The number of amides is 1. The van der Waals surface area contributed by atoms with Gasteiger partial charge in [-0.2, -0.15) is 0 Å². The second kappa shape index (κ2) is 8.04. The first-order chi connectivity index (χ1) is 11.7.